The van der Waals surface area contributed by atoms with Gasteiger partial charge >= 0.3 is 0 Å². The Morgan fingerprint density at radius 1 is 1.00 bits per heavy atom. The summed E-state index contributed by atoms with van der Waals surface area (Å²) in [6.07, 6.45) is 3.02. The van der Waals surface area contributed by atoms with E-state index in [4.69, 9.17) is 4.42 Å². The Morgan fingerprint density at radius 2 is 1.81 bits per heavy atom. The zero-order valence-corrected chi connectivity index (χ0v) is 15.9. The Morgan fingerprint density at radius 3 is 2.52 bits per heavy atom. The maximum atomic E-state index is 12.7. The molecule has 0 atom stereocenters. The first-order chi connectivity index (χ1) is 13.1. The van der Waals surface area contributed by atoms with Gasteiger partial charge < -0.3 is 15.1 Å². The predicted octanol–water partition coefficient (Wildman–Crippen LogP) is 4.13. The summed E-state index contributed by atoms with van der Waals surface area (Å²) in [6.45, 7) is 0.353. The molecule has 0 aliphatic heterocycles. The molecule has 1 heterocycles. The van der Waals surface area contributed by atoms with Crippen molar-refractivity contribution in [3.05, 3.63) is 100 Å². The second-order valence-corrected chi connectivity index (χ2v) is 6.63. The molecule has 2 N–H and O–H groups in total. The highest BCUT2D eigenvalue weighted by molar-refractivity contribution is 9.10. The van der Waals surface area contributed by atoms with Gasteiger partial charge in [0.2, 0.25) is 0 Å². The van der Waals surface area contributed by atoms with Gasteiger partial charge in [0, 0.05) is 11.0 Å². The monoisotopic (exact) mass is 424 g/mol. The van der Waals surface area contributed by atoms with Crippen LogP contribution in [0.5, 0.6) is 0 Å². The lowest BCUT2D eigenvalue weighted by atomic mass is 10.1. The highest BCUT2D eigenvalue weighted by atomic mass is 79.9. The molecule has 0 saturated heterocycles. The Kier molecular flexibility index (Phi) is 6.22. The van der Waals surface area contributed by atoms with E-state index >= 15 is 0 Å². The number of furan rings is 1. The summed E-state index contributed by atoms with van der Waals surface area (Å²) >= 11 is 3.40. The summed E-state index contributed by atoms with van der Waals surface area (Å²) in [4.78, 5) is 25.0. The number of amides is 2. The summed E-state index contributed by atoms with van der Waals surface area (Å²) in [5, 5.41) is 5.44. The summed E-state index contributed by atoms with van der Waals surface area (Å²) in [5.74, 6) is -0.749. The van der Waals surface area contributed by atoms with Crippen molar-refractivity contribution in [2.24, 2.45) is 0 Å². The molecule has 0 radical (unpaired) electrons. The largest absolute Gasteiger partial charge is 0.459 e. The van der Waals surface area contributed by atoms with Crippen molar-refractivity contribution in [3.63, 3.8) is 0 Å². The molecule has 136 valence electrons. The molecule has 3 aromatic rings. The third-order valence-electron chi connectivity index (χ3n) is 3.69. The molecule has 0 aliphatic rings. The number of carbonyl (C=O) groups is 2. The molecular weight excluding hydrogens is 408 g/mol. The molecule has 0 fully saturated rings. The first-order valence-corrected chi connectivity index (χ1v) is 9.05. The van der Waals surface area contributed by atoms with Crippen LogP contribution in [0.15, 0.2) is 87.6 Å². The van der Waals surface area contributed by atoms with Crippen molar-refractivity contribution < 1.29 is 14.0 Å². The fourth-order valence-electron chi connectivity index (χ4n) is 2.39. The smallest absolute Gasteiger partial charge is 0.291 e. The zero-order valence-electron chi connectivity index (χ0n) is 14.3. The predicted molar refractivity (Wildman–Crippen MR) is 107 cm³/mol. The number of nitrogens with one attached hydrogen (secondary N) is 2. The molecule has 27 heavy (non-hydrogen) atoms. The maximum absolute atomic E-state index is 12.7. The maximum Gasteiger partial charge on any atom is 0.291 e. The van der Waals surface area contributed by atoms with Gasteiger partial charge in [-0.25, -0.2) is 0 Å². The average Bonchev–Trinajstić information content (AvgIpc) is 3.21. The number of hydrogen-bond donors (Lipinski definition) is 2. The Labute approximate surface area is 165 Å². The molecule has 2 amide bonds. The average molecular weight is 425 g/mol. The van der Waals surface area contributed by atoms with Crippen LogP contribution < -0.4 is 10.6 Å². The molecule has 0 bridgehead atoms. The van der Waals surface area contributed by atoms with Gasteiger partial charge in [-0.3, -0.25) is 9.59 Å². The fourth-order valence-corrected chi connectivity index (χ4v) is 2.80. The first-order valence-electron chi connectivity index (χ1n) is 8.26. The highest BCUT2D eigenvalue weighted by Crippen LogP contribution is 2.14. The number of halogens is 1. The van der Waals surface area contributed by atoms with E-state index in [0.717, 1.165) is 15.6 Å². The molecule has 0 aliphatic carbocycles. The van der Waals surface area contributed by atoms with E-state index in [0.29, 0.717) is 6.54 Å². The third-order valence-corrected chi connectivity index (χ3v) is 4.19. The third kappa shape index (κ3) is 5.43. The Bertz CT molecular complexity index is 951. The van der Waals surface area contributed by atoms with Gasteiger partial charge in [-0.1, -0.05) is 58.4 Å². The van der Waals surface area contributed by atoms with Crippen molar-refractivity contribution >= 4 is 33.8 Å². The number of hydrogen-bond acceptors (Lipinski definition) is 3. The van der Waals surface area contributed by atoms with Crippen LogP contribution in [-0.4, -0.2) is 11.8 Å². The molecule has 0 unspecified atom stereocenters. The quantitative estimate of drug-likeness (QED) is 0.584. The summed E-state index contributed by atoms with van der Waals surface area (Å²) in [6, 6.07) is 20.1. The topological polar surface area (TPSA) is 71.3 Å². The number of carbonyl (C=O) groups excluding carboxylic acids is 2. The van der Waals surface area contributed by atoms with E-state index in [1.165, 1.54) is 12.3 Å². The minimum Gasteiger partial charge on any atom is -0.459 e. The molecule has 2 aromatic carbocycles. The first kappa shape index (κ1) is 18.7. The lowest BCUT2D eigenvalue weighted by Gasteiger charge is -2.10. The summed E-state index contributed by atoms with van der Waals surface area (Å²) < 4.78 is 5.97. The van der Waals surface area contributed by atoms with Crippen molar-refractivity contribution in [2.45, 2.75) is 6.54 Å². The van der Waals surface area contributed by atoms with Crippen LogP contribution >= 0.6 is 15.9 Å². The Hall–Kier alpha value is -3.12. The normalized spacial score (nSPS) is 11.1. The van der Waals surface area contributed by atoms with Gasteiger partial charge in [0.05, 0.1) is 6.26 Å². The van der Waals surface area contributed by atoms with Crippen LogP contribution in [0.2, 0.25) is 0 Å². The van der Waals surface area contributed by atoms with E-state index in [-0.39, 0.29) is 11.5 Å². The van der Waals surface area contributed by atoms with Crippen molar-refractivity contribution in [1.29, 1.82) is 0 Å². The van der Waals surface area contributed by atoms with E-state index in [9.17, 15) is 9.59 Å². The van der Waals surface area contributed by atoms with Gasteiger partial charge in [-0.15, -0.1) is 0 Å². The molecule has 6 heteroatoms. The minimum atomic E-state index is -0.490. The van der Waals surface area contributed by atoms with Gasteiger partial charge in [0.1, 0.15) is 5.70 Å². The second-order valence-electron chi connectivity index (χ2n) is 5.71. The standard InChI is InChI=1S/C21H17BrN2O3/c22-17-9-4-8-16(12-17)13-18(24-21(26)19-10-5-11-27-19)20(25)23-14-15-6-2-1-3-7-15/h1-13H,14H2,(H,23,25)(H,24,26). The Balaban J connectivity index is 1.80. The number of rotatable bonds is 6. The summed E-state index contributed by atoms with van der Waals surface area (Å²) in [7, 11) is 0. The van der Waals surface area contributed by atoms with Gasteiger partial charge in [0.25, 0.3) is 11.8 Å². The highest BCUT2D eigenvalue weighted by Gasteiger charge is 2.16. The van der Waals surface area contributed by atoms with Crippen molar-refractivity contribution in [1.82, 2.24) is 10.6 Å². The van der Waals surface area contributed by atoms with Gasteiger partial charge in [-0.2, -0.15) is 0 Å². The molecule has 1 aromatic heterocycles. The van der Waals surface area contributed by atoms with E-state index in [2.05, 4.69) is 26.6 Å². The van der Waals surface area contributed by atoms with E-state index < -0.39 is 11.8 Å². The van der Waals surface area contributed by atoms with Gasteiger partial charge in [0.15, 0.2) is 5.76 Å². The lowest BCUT2D eigenvalue weighted by molar-refractivity contribution is -0.117. The van der Waals surface area contributed by atoms with Gasteiger partial charge in [-0.05, 0) is 41.5 Å². The lowest BCUT2D eigenvalue weighted by Crippen LogP contribution is -2.34. The van der Waals surface area contributed by atoms with Crippen LogP contribution in [0.4, 0.5) is 0 Å². The van der Waals surface area contributed by atoms with Crippen LogP contribution in [0.25, 0.3) is 6.08 Å². The van der Waals surface area contributed by atoms with E-state index in [1.54, 1.807) is 12.1 Å². The molecule has 3 rings (SSSR count). The van der Waals surface area contributed by atoms with Crippen molar-refractivity contribution in [2.75, 3.05) is 0 Å². The van der Waals surface area contributed by atoms with E-state index in [1.807, 2.05) is 54.6 Å². The minimum absolute atomic E-state index is 0.130. The molecule has 0 spiro atoms. The van der Waals surface area contributed by atoms with Crippen LogP contribution in [0.1, 0.15) is 21.7 Å². The second kappa shape index (κ2) is 9.00. The van der Waals surface area contributed by atoms with Crippen LogP contribution in [-0.2, 0) is 11.3 Å². The SMILES string of the molecule is O=C(NCc1ccccc1)C(=Cc1cccc(Br)c1)NC(=O)c1ccco1. The molecule has 0 saturated carbocycles. The fraction of sp³-hybridized carbons (Fsp3) is 0.0476. The molecular formula is C21H17BrN2O3. The summed E-state index contributed by atoms with van der Waals surface area (Å²) in [5.41, 5.74) is 1.87. The van der Waals surface area contributed by atoms with Crippen LogP contribution in [0.3, 0.4) is 0 Å². The van der Waals surface area contributed by atoms with Crippen molar-refractivity contribution in [3.8, 4) is 0 Å². The molecule has 5 nitrogen and oxygen atoms in total. The zero-order chi connectivity index (χ0) is 19.1. The van der Waals surface area contributed by atoms with Crippen LogP contribution in [0, 0.1) is 0 Å². The number of benzene rings is 2.